The monoisotopic (exact) mass is 202 g/mol. The SMILES string of the molecule is O=C(O)c1nc2ccnn2c2[nH]ccc12. The highest BCUT2D eigenvalue weighted by Gasteiger charge is 2.14. The van der Waals surface area contributed by atoms with Crippen LogP contribution < -0.4 is 0 Å². The Morgan fingerprint density at radius 2 is 2.33 bits per heavy atom. The highest BCUT2D eigenvalue weighted by Crippen LogP contribution is 2.17. The molecule has 2 N–H and O–H groups in total. The van der Waals surface area contributed by atoms with Crippen molar-refractivity contribution in [2.24, 2.45) is 0 Å². The molecule has 0 spiro atoms. The fraction of sp³-hybridized carbons (Fsp3) is 0. The maximum atomic E-state index is 11.0. The second-order valence-electron chi connectivity index (χ2n) is 3.11. The van der Waals surface area contributed by atoms with Gasteiger partial charge in [-0.2, -0.15) is 9.61 Å². The quantitative estimate of drug-likeness (QED) is 0.614. The predicted molar refractivity (Wildman–Crippen MR) is 51.8 cm³/mol. The first-order chi connectivity index (χ1) is 7.27. The Bertz CT molecular complexity index is 667. The summed E-state index contributed by atoms with van der Waals surface area (Å²) in [6.45, 7) is 0. The topological polar surface area (TPSA) is 83.3 Å². The summed E-state index contributed by atoms with van der Waals surface area (Å²) in [5, 5.41) is 13.6. The van der Waals surface area contributed by atoms with Gasteiger partial charge in [-0.1, -0.05) is 0 Å². The van der Waals surface area contributed by atoms with Gasteiger partial charge in [-0.05, 0) is 6.07 Å². The van der Waals surface area contributed by atoms with E-state index in [1.165, 1.54) is 0 Å². The zero-order chi connectivity index (χ0) is 10.4. The number of fused-ring (bicyclic) bond motifs is 3. The molecule has 15 heavy (non-hydrogen) atoms. The molecule has 74 valence electrons. The van der Waals surface area contributed by atoms with Gasteiger partial charge in [0.15, 0.2) is 11.3 Å². The number of hydrogen-bond acceptors (Lipinski definition) is 3. The van der Waals surface area contributed by atoms with Crippen molar-refractivity contribution in [3.8, 4) is 0 Å². The Balaban J connectivity index is 2.59. The highest BCUT2D eigenvalue weighted by atomic mass is 16.4. The molecule has 3 aromatic rings. The lowest BCUT2D eigenvalue weighted by Crippen LogP contribution is -2.04. The molecule has 0 aliphatic heterocycles. The summed E-state index contributed by atoms with van der Waals surface area (Å²) < 4.78 is 1.57. The molecule has 6 nitrogen and oxygen atoms in total. The number of aromatic nitrogens is 4. The van der Waals surface area contributed by atoms with Crippen molar-refractivity contribution in [3.63, 3.8) is 0 Å². The number of carboxylic acids is 1. The van der Waals surface area contributed by atoms with E-state index in [9.17, 15) is 4.79 Å². The van der Waals surface area contributed by atoms with Gasteiger partial charge in [0, 0.05) is 12.3 Å². The number of nitrogens with zero attached hydrogens (tertiary/aromatic N) is 3. The maximum absolute atomic E-state index is 11.0. The third-order valence-corrected chi connectivity index (χ3v) is 2.24. The third kappa shape index (κ3) is 0.954. The Morgan fingerprint density at radius 1 is 1.47 bits per heavy atom. The van der Waals surface area contributed by atoms with E-state index in [2.05, 4.69) is 15.1 Å². The van der Waals surface area contributed by atoms with E-state index in [-0.39, 0.29) is 5.69 Å². The van der Waals surface area contributed by atoms with E-state index < -0.39 is 5.97 Å². The Labute approximate surface area is 83.2 Å². The minimum absolute atomic E-state index is 0.0410. The lowest BCUT2D eigenvalue weighted by atomic mass is 10.3. The van der Waals surface area contributed by atoms with Gasteiger partial charge in [-0.25, -0.2) is 9.78 Å². The number of H-pyrrole nitrogens is 1. The highest BCUT2D eigenvalue weighted by molar-refractivity contribution is 6.00. The molecule has 0 aliphatic rings. The van der Waals surface area contributed by atoms with Gasteiger partial charge in [0.1, 0.15) is 5.65 Å². The summed E-state index contributed by atoms with van der Waals surface area (Å²) in [7, 11) is 0. The second-order valence-corrected chi connectivity index (χ2v) is 3.11. The molecular weight excluding hydrogens is 196 g/mol. The number of aromatic amines is 1. The first-order valence-corrected chi connectivity index (χ1v) is 4.31. The average Bonchev–Trinajstić information content (AvgIpc) is 2.83. The van der Waals surface area contributed by atoms with Crippen molar-refractivity contribution in [1.29, 1.82) is 0 Å². The zero-order valence-corrected chi connectivity index (χ0v) is 7.51. The molecule has 3 aromatic heterocycles. The van der Waals surface area contributed by atoms with Crippen molar-refractivity contribution in [2.75, 3.05) is 0 Å². The van der Waals surface area contributed by atoms with Crippen LogP contribution in [0.25, 0.3) is 16.7 Å². The zero-order valence-electron chi connectivity index (χ0n) is 7.51. The standard InChI is InChI=1S/C9H6N4O2/c14-9(15)7-5-1-3-10-8(5)13-6(12-7)2-4-11-13/h1-4,10H,(H,14,15). The summed E-state index contributed by atoms with van der Waals surface area (Å²) in [6, 6.07) is 3.33. The first-order valence-electron chi connectivity index (χ1n) is 4.31. The molecule has 0 aliphatic carbocycles. The minimum Gasteiger partial charge on any atom is -0.476 e. The molecule has 0 saturated heterocycles. The molecule has 0 unspecified atom stereocenters. The van der Waals surface area contributed by atoms with Gasteiger partial charge in [0.2, 0.25) is 0 Å². The summed E-state index contributed by atoms with van der Waals surface area (Å²) in [4.78, 5) is 17.9. The molecule has 0 amide bonds. The molecular formula is C9H6N4O2. The molecule has 0 aromatic carbocycles. The number of hydrogen-bond donors (Lipinski definition) is 2. The number of carbonyl (C=O) groups is 1. The van der Waals surface area contributed by atoms with Crippen LogP contribution in [0, 0.1) is 0 Å². The van der Waals surface area contributed by atoms with Crippen LogP contribution in [0.5, 0.6) is 0 Å². The van der Waals surface area contributed by atoms with E-state index in [1.807, 2.05) is 0 Å². The molecule has 0 saturated carbocycles. The van der Waals surface area contributed by atoms with Gasteiger partial charge >= 0.3 is 5.97 Å². The van der Waals surface area contributed by atoms with E-state index in [0.717, 1.165) is 0 Å². The average molecular weight is 202 g/mol. The Hall–Kier alpha value is -2.37. The molecule has 3 heterocycles. The second kappa shape index (κ2) is 2.57. The molecule has 0 fully saturated rings. The van der Waals surface area contributed by atoms with Crippen molar-refractivity contribution < 1.29 is 9.90 Å². The van der Waals surface area contributed by atoms with Gasteiger partial charge in [-0.3, -0.25) is 0 Å². The van der Waals surface area contributed by atoms with Crippen LogP contribution in [-0.4, -0.2) is 30.7 Å². The van der Waals surface area contributed by atoms with Crippen LogP contribution in [0.3, 0.4) is 0 Å². The van der Waals surface area contributed by atoms with Crippen LogP contribution in [0.1, 0.15) is 10.5 Å². The molecule has 0 atom stereocenters. The van der Waals surface area contributed by atoms with Crippen molar-refractivity contribution >= 4 is 22.6 Å². The largest absolute Gasteiger partial charge is 0.476 e. The Morgan fingerprint density at radius 3 is 3.13 bits per heavy atom. The van der Waals surface area contributed by atoms with E-state index >= 15 is 0 Å². The van der Waals surface area contributed by atoms with Crippen molar-refractivity contribution in [1.82, 2.24) is 19.6 Å². The number of carboxylic acid groups (broad SMARTS) is 1. The predicted octanol–water partition coefficient (Wildman–Crippen LogP) is 0.909. The minimum atomic E-state index is -1.04. The number of nitrogens with one attached hydrogen (secondary N) is 1. The molecule has 3 rings (SSSR count). The lowest BCUT2D eigenvalue weighted by molar-refractivity contribution is 0.0693. The maximum Gasteiger partial charge on any atom is 0.355 e. The van der Waals surface area contributed by atoms with E-state index in [4.69, 9.17) is 5.11 Å². The van der Waals surface area contributed by atoms with Crippen LogP contribution in [-0.2, 0) is 0 Å². The van der Waals surface area contributed by atoms with Gasteiger partial charge in [0.25, 0.3) is 0 Å². The smallest absolute Gasteiger partial charge is 0.355 e. The van der Waals surface area contributed by atoms with Crippen molar-refractivity contribution in [3.05, 3.63) is 30.2 Å². The van der Waals surface area contributed by atoms with Crippen LogP contribution in [0.15, 0.2) is 24.5 Å². The van der Waals surface area contributed by atoms with Gasteiger partial charge in [-0.15, -0.1) is 0 Å². The summed E-state index contributed by atoms with van der Waals surface area (Å²) in [5.41, 5.74) is 1.20. The van der Waals surface area contributed by atoms with Crippen LogP contribution >= 0.6 is 0 Å². The van der Waals surface area contributed by atoms with Gasteiger partial charge < -0.3 is 10.1 Å². The van der Waals surface area contributed by atoms with Crippen LogP contribution in [0.4, 0.5) is 0 Å². The summed E-state index contributed by atoms with van der Waals surface area (Å²) in [6.07, 6.45) is 3.24. The number of aromatic carboxylic acids is 1. The fourth-order valence-corrected chi connectivity index (χ4v) is 1.62. The molecule has 0 radical (unpaired) electrons. The third-order valence-electron chi connectivity index (χ3n) is 2.24. The first kappa shape index (κ1) is 7.98. The van der Waals surface area contributed by atoms with E-state index in [0.29, 0.717) is 16.7 Å². The number of rotatable bonds is 1. The van der Waals surface area contributed by atoms with Crippen LogP contribution in [0.2, 0.25) is 0 Å². The van der Waals surface area contributed by atoms with E-state index in [1.54, 1.807) is 29.0 Å². The summed E-state index contributed by atoms with van der Waals surface area (Å²) >= 11 is 0. The van der Waals surface area contributed by atoms with Gasteiger partial charge in [0.05, 0.1) is 11.6 Å². The Kier molecular flexibility index (Phi) is 1.37. The lowest BCUT2D eigenvalue weighted by Gasteiger charge is -1.99. The normalized spacial score (nSPS) is 11.2. The molecule has 6 heteroatoms. The molecule has 0 bridgehead atoms. The fourth-order valence-electron chi connectivity index (χ4n) is 1.62. The summed E-state index contributed by atoms with van der Waals surface area (Å²) in [5.74, 6) is -1.04. The van der Waals surface area contributed by atoms with Crippen molar-refractivity contribution in [2.45, 2.75) is 0 Å².